The molecule has 0 N–H and O–H groups in total. The lowest BCUT2D eigenvalue weighted by molar-refractivity contribution is 0.283. The Bertz CT molecular complexity index is 202. The molecular weight excluding hydrogens is 150 g/mol. The average Bonchev–Trinajstić information content (AvgIpc) is 2.33. The summed E-state index contributed by atoms with van der Waals surface area (Å²) in [5.41, 5.74) is 1.17. The first-order valence-electron chi connectivity index (χ1n) is 4.27. The quantitative estimate of drug-likeness (QED) is 0.588. The fourth-order valence-electron chi connectivity index (χ4n) is 0.841. The molecule has 1 aliphatic rings. The molecule has 0 spiro atoms. The second kappa shape index (κ2) is 6.65. The minimum absolute atomic E-state index is 0.741. The molecule has 2 heteroatoms. The zero-order valence-corrected chi connectivity index (χ0v) is 8.29. The van der Waals surface area contributed by atoms with E-state index in [0.717, 1.165) is 12.3 Å². The van der Waals surface area contributed by atoms with Crippen molar-refractivity contribution in [3.05, 3.63) is 23.6 Å². The number of hydrogen-bond donors (Lipinski definition) is 0. The number of nitrogens with zero attached hydrogens (tertiary/aromatic N) is 1. The summed E-state index contributed by atoms with van der Waals surface area (Å²) in [6.45, 7) is 6.02. The first kappa shape index (κ1) is 11.0. The van der Waals surface area contributed by atoms with Crippen LogP contribution in [0.1, 0.15) is 27.2 Å². The molecule has 1 heterocycles. The molecule has 0 bridgehead atoms. The lowest BCUT2D eigenvalue weighted by atomic mass is 10.2. The van der Waals surface area contributed by atoms with E-state index in [-0.39, 0.29) is 0 Å². The van der Waals surface area contributed by atoms with Gasteiger partial charge in [-0.3, -0.25) is 0 Å². The van der Waals surface area contributed by atoms with E-state index in [1.165, 1.54) is 5.57 Å². The molecule has 0 atom stereocenters. The van der Waals surface area contributed by atoms with Crippen molar-refractivity contribution in [1.82, 2.24) is 0 Å². The fraction of sp³-hybridized carbons (Fsp3) is 0.500. The van der Waals surface area contributed by atoms with Gasteiger partial charge >= 0.3 is 0 Å². The number of ether oxygens (including phenoxy) is 1. The van der Waals surface area contributed by atoms with Gasteiger partial charge in [-0.15, -0.1) is 0 Å². The fourth-order valence-corrected chi connectivity index (χ4v) is 0.841. The van der Waals surface area contributed by atoms with Crippen molar-refractivity contribution in [3.63, 3.8) is 0 Å². The van der Waals surface area contributed by atoms with Gasteiger partial charge in [-0.2, -0.15) is 0 Å². The second-order valence-electron chi connectivity index (χ2n) is 2.20. The molecule has 0 unspecified atom stereocenters. The molecule has 0 radical (unpaired) electrons. The standard InChI is InChI=1S/C8H11NO.C2H6/c1-7-5-3-4-6-9-8(7)10-2;1-2/h3-4,6H,5H2,1-2H3;1-2H3. The molecule has 12 heavy (non-hydrogen) atoms. The van der Waals surface area contributed by atoms with Crippen molar-refractivity contribution in [1.29, 1.82) is 0 Å². The Morgan fingerprint density at radius 2 is 2.08 bits per heavy atom. The first-order chi connectivity index (χ1) is 5.84. The molecular formula is C10H17NO. The molecule has 0 aromatic heterocycles. The van der Waals surface area contributed by atoms with Gasteiger partial charge in [0, 0.05) is 6.21 Å². The van der Waals surface area contributed by atoms with Gasteiger partial charge < -0.3 is 4.74 Å². The minimum Gasteiger partial charge on any atom is -0.481 e. The third-order valence-corrected chi connectivity index (χ3v) is 1.40. The van der Waals surface area contributed by atoms with Crippen molar-refractivity contribution in [3.8, 4) is 0 Å². The molecule has 0 saturated carbocycles. The lowest BCUT2D eigenvalue weighted by Crippen LogP contribution is -1.86. The molecule has 68 valence electrons. The normalized spacial score (nSPS) is 15.0. The molecule has 0 fully saturated rings. The Labute approximate surface area is 74.7 Å². The largest absolute Gasteiger partial charge is 0.481 e. The van der Waals surface area contributed by atoms with Gasteiger partial charge in [0.1, 0.15) is 0 Å². The highest BCUT2D eigenvalue weighted by Gasteiger charge is 1.99. The van der Waals surface area contributed by atoms with Crippen molar-refractivity contribution in [2.75, 3.05) is 7.11 Å². The van der Waals surface area contributed by atoms with Gasteiger partial charge in [0.25, 0.3) is 0 Å². The van der Waals surface area contributed by atoms with Crippen LogP contribution in [0.5, 0.6) is 0 Å². The van der Waals surface area contributed by atoms with Gasteiger partial charge in [-0.1, -0.05) is 19.9 Å². The Balaban J connectivity index is 0.000000561. The van der Waals surface area contributed by atoms with Crippen LogP contribution >= 0.6 is 0 Å². The van der Waals surface area contributed by atoms with E-state index >= 15 is 0 Å². The maximum Gasteiger partial charge on any atom is 0.212 e. The van der Waals surface area contributed by atoms with Crippen LogP contribution in [0.3, 0.4) is 0 Å². The Morgan fingerprint density at radius 3 is 2.67 bits per heavy atom. The van der Waals surface area contributed by atoms with Gasteiger partial charge in [0.05, 0.1) is 7.11 Å². The predicted octanol–water partition coefficient (Wildman–Crippen LogP) is 2.92. The summed E-state index contributed by atoms with van der Waals surface area (Å²) in [7, 11) is 1.64. The summed E-state index contributed by atoms with van der Waals surface area (Å²) in [5.74, 6) is 0.741. The van der Waals surface area contributed by atoms with Crippen LogP contribution in [-0.4, -0.2) is 13.3 Å². The highest BCUT2D eigenvalue weighted by Crippen LogP contribution is 2.12. The number of hydrogen-bond acceptors (Lipinski definition) is 2. The molecule has 0 aliphatic carbocycles. The highest BCUT2D eigenvalue weighted by molar-refractivity contribution is 5.72. The third kappa shape index (κ3) is 3.37. The van der Waals surface area contributed by atoms with Crippen molar-refractivity contribution >= 4 is 6.21 Å². The van der Waals surface area contributed by atoms with Gasteiger partial charge in [-0.05, 0) is 25.0 Å². The number of rotatable bonds is 1. The Hall–Kier alpha value is -1.05. The number of methoxy groups -OCH3 is 1. The highest BCUT2D eigenvalue weighted by atomic mass is 16.5. The Morgan fingerprint density at radius 1 is 1.42 bits per heavy atom. The van der Waals surface area contributed by atoms with Crippen LogP contribution in [0.25, 0.3) is 0 Å². The van der Waals surface area contributed by atoms with E-state index in [2.05, 4.69) is 11.1 Å². The van der Waals surface area contributed by atoms with Crippen LogP contribution < -0.4 is 0 Å². The summed E-state index contributed by atoms with van der Waals surface area (Å²) in [5, 5.41) is 0. The van der Waals surface area contributed by atoms with E-state index in [9.17, 15) is 0 Å². The lowest BCUT2D eigenvalue weighted by Gasteiger charge is -2.01. The van der Waals surface area contributed by atoms with Crippen molar-refractivity contribution in [2.45, 2.75) is 27.2 Å². The molecule has 2 nitrogen and oxygen atoms in total. The zero-order valence-electron chi connectivity index (χ0n) is 8.29. The monoisotopic (exact) mass is 167 g/mol. The van der Waals surface area contributed by atoms with Gasteiger partial charge in [0.15, 0.2) is 0 Å². The van der Waals surface area contributed by atoms with Gasteiger partial charge in [0.2, 0.25) is 5.88 Å². The molecule has 1 aliphatic heterocycles. The van der Waals surface area contributed by atoms with E-state index < -0.39 is 0 Å². The minimum atomic E-state index is 0.741. The van der Waals surface area contributed by atoms with E-state index in [4.69, 9.17) is 4.74 Å². The van der Waals surface area contributed by atoms with Crippen LogP contribution in [0.2, 0.25) is 0 Å². The van der Waals surface area contributed by atoms with Crippen LogP contribution in [0.15, 0.2) is 28.6 Å². The maximum atomic E-state index is 5.03. The van der Waals surface area contributed by atoms with Crippen molar-refractivity contribution < 1.29 is 4.74 Å². The van der Waals surface area contributed by atoms with E-state index in [1.54, 1.807) is 13.3 Å². The maximum absolute atomic E-state index is 5.03. The zero-order chi connectivity index (χ0) is 9.40. The summed E-state index contributed by atoms with van der Waals surface area (Å²) in [6, 6.07) is 0. The second-order valence-corrected chi connectivity index (χ2v) is 2.20. The molecule has 1 rings (SSSR count). The van der Waals surface area contributed by atoms with Crippen molar-refractivity contribution in [2.24, 2.45) is 4.99 Å². The number of allylic oxidation sites excluding steroid dienone is 3. The molecule has 0 saturated heterocycles. The topological polar surface area (TPSA) is 21.6 Å². The SMILES string of the molecule is CC.COC1=C(C)CC=CC=N1. The smallest absolute Gasteiger partial charge is 0.212 e. The number of aliphatic imine (C=N–C) groups is 1. The van der Waals surface area contributed by atoms with E-state index in [1.807, 2.05) is 26.8 Å². The predicted molar refractivity (Wildman–Crippen MR) is 53.3 cm³/mol. The third-order valence-electron chi connectivity index (χ3n) is 1.40. The van der Waals surface area contributed by atoms with Crippen LogP contribution in [0.4, 0.5) is 0 Å². The Kier molecular flexibility index (Phi) is 6.07. The summed E-state index contributed by atoms with van der Waals surface area (Å²) >= 11 is 0. The average molecular weight is 167 g/mol. The van der Waals surface area contributed by atoms with Gasteiger partial charge in [-0.25, -0.2) is 4.99 Å². The molecule has 0 amide bonds. The van der Waals surface area contributed by atoms with E-state index in [0.29, 0.717) is 0 Å². The molecule has 0 aromatic carbocycles. The summed E-state index contributed by atoms with van der Waals surface area (Å²) in [4.78, 5) is 4.07. The summed E-state index contributed by atoms with van der Waals surface area (Å²) in [6.07, 6.45) is 6.67. The van der Waals surface area contributed by atoms with Crippen LogP contribution in [-0.2, 0) is 4.74 Å². The molecule has 0 aromatic rings. The summed E-state index contributed by atoms with van der Waals surface area (Å²) < 4.78 is 5.03. The first-order valence-corrected chi connectivity index (χ1v) is 4.27. The van der Waals surface area contributed by atoms with Crippen LogP contribution in [0, 0.1) is 0 Å².